The first-order chi connectivity index (χ1) is 12.1. The molecule has 0 fully saturated rings. The molecule has 1 aliphatic rings. The van der Waals surface area contributed by atoms with E-state index in [1.165, 1.54) is 18.1 Å². The molecule has 25 heavy (non-hydrogen) atoms. The van der Waals surface area contributed by atoms with Crippen molar-refractivity contribution in [2.75, 3.05) is 12.4 Å². The molecule has 8 heteroatoms. The van der Waals surface area contributed by atoms with E-state index in [4.69, 9.17) is 5.73 Å². The van der Waals surface area contributed by atoms with Crippen molar-refractivity contribution in [3.63, 3.8) is 0 Å². The first-order valence-corrected chi connectivity index (χ1v) is 8.88. The lowest BCUT2D eigenvalue weighted by atomic mass is 10.1. The topological polar surface area (TPSA) is 69.6 Å². The molecule has 4 rings (SSSR count). The van der Waals surface area contributed by atoms with Crippen LogP contribution in [0.5, 0.6) is 0 Å². The molecule has 1 aliphatic carbocycles. The lowest BCUT2D eigenvalue weighted by Gasteiger charge is -2.11. The summed E-state index contributed by atoms with van der Waals surface area (Å²) in [6.07, 6.45) is 1.74. The number of alkyl halides is 2. The van der Waals surface area contributed by atoms with Crippen LogP contribution in [0.15, 0.2) is 28.5 Å². The SMILES string of the molecule is Cc1cc2c(cc1Sc1nc3c(N)ncnc3n1CCF)C(F)CC2. The Morgan fingerprint density at radius 3 is 3.00 bits per heavy atom. The van der Waals surface area contributed by atoms with Crippen LogP contribution in [0.25, 0.3) is 11.2 Å². The zero-order chi connectivity index (χ0) is 17.6. The van der Waals surface area contributed by atoms with Gasteiger partial charge in [0.15, 0.2) is 22.1 Å². The van der Waals surface area contributed by atoms with Crippen LogP contribution in [0.3, 0.4) is 0 Å². The van der Waals surface area contributed by atoms with Crippen molar-refractivity contribution in [1.82, 2.24) is 19.5 Å². The number of imidazole rings is 1. The maximum Gasteiger partial charge on any atom is 0.175 e. The Hall–Kier alpha value is -2.22. The highest BCUT2D eigenvalue weighted by atomic mass is 32.2. The highest BCUT2D eigenvalue weighted by Gasteiger charge is 2.24. The van der Waals surface area contributed by atoms with Crippen LogP contribution >= 0.6 is 11.8 Å². The van der Waals surface area contributed by atoms with Crippen molar-refractivity contribution in [3.8, 4) is 0 Å². The summed E-state index contributed by atoms with van der Waals surface area (Å²) in [5.41, 5.74) is 9.71. The summed E-state index contributed by atoms with van der Waals surface area (Å²) in [6.45, 7) is 1.58. The molecule has 0 spiro atoms. The number of nitrogen functional groups attached to an aromatic ring is 1. The number of aromatic nitrogens is 4. The molecule has 0 radical (unpaired) electrons. The fraction of sp³-hybridized carbons (Fsp3) is 0.353. The van der Waals surface area contributed by atoms with Crippen molar-refractivity contribution in [3.05, 3.63) is 35.2 Å². The van der Waals surface area contributed by atoms with Crippen LogP contribution in [0.2, 0.25) is 0 Å². The van der Waals surface area contributed by atoms with Crippen molar-refractivity contribution in [2.24, 2.45) is 0 Å². The van der Waals surface area contributed by atoms with E-state index in [0.717, 1.165) is 28.0 Å². The van der Waals surface area contributed by atoms with Gasteiger partial charge < -0.3 is 10.3 Å². The lowest BCUT2D eigenvalue weighted by Crippen LogP contribution is -2.03. The Bertz CT molecular complexity index is 956. The molecular formula is C17H17F2N5S. The Morgan fingerprint density at radius 2 is 2.20 bits per heavy atom. The maximum atomic E-state index is 14.1. The zero-order valence-electron chi connectivity index (χ0n) is 13.7. The average molecular weight is 361 g/mol. The monoisotopic (exact) mass is 361 g/mol. The highest BCUT2D eigenvalue weighted by Crippen LogP contribution is 2.40. The van der Waals surface area contributed by atoms with Gasteiger partial charge in [0, 0.05) is 4.90 Å². The van der Waals surface area contributed by atoms with Gasteiger partial charge in [0.25, 0.3) is 0 Å². The van der Waals surface area contributed by atoms with Crippen molar-refractivity contribution < 1.29 is 8.78 Å². The van der Waals surface area contributed by atoms with Crippen LogP contribution < -0.4 is 5.73 Å². The van der Waals surface area contributed by atoms with Gasteiger partial charge in [-0.3, -0.25) is 0 Å². The standard InChI is InChI=1S/C17H17F2N5S/c1-9-6-10-2-3-12(19)11(10)7-13(9)25-17-23-14-15(20)21-8-22-16(14)24(17)5-4-18/h6-8,12H,2-5H2,1H3,(H2,20,21,22). The molecule has 5 nitrogen and oxygen atoms in total. The Kier molecular flexibility index (Phi) is 4.07. The molecule has 1 atom stereocenters. The number of aryl methyl sites for hydroxylation is 3. The van der Waals surface area contributed by atoms with Gasteiger partial charge in [0.05, 0.1) is 6.54 Å². The molecule has 0 saturated heterocycles. The Balaban J connectivity index is 1.80. The molecular weight excluding hydrogens is 344 g/mol. The lowest BCUT2D eigenvalue weighted by molar-refractivity contribution is 0.343. The number of nitrogens with zero attached hydrogens (tertiary/aromatic N) is 4. The quantitative estimate of drug-likeness (QED) is 0.765. The molecule has 1 aromatic carbocycles. The number of hydrogen-bond donors (Lipinski definition) is 1. The number of hydrogen-bond acceptors (Lipinski definition) is 5. The van der Waals surface area contributed by atoms with Crippen LogP contribution in [0.1, 0.15) is 29.3 Å². The second-order valence-corrected chi connectivity index (χ2v) is 7.10. The molecule has 3 aromatic rings. The minimum atomic E-state index is -0.916. The first kappa shape index (κ1) is 16.3. The molecule has 0 bridgehead atoms. The van der Waals surface area contributed by atoms with E-state index in [9.17, 15) is 8.78 Å². The predicted molar refractivity (Wildman–Crippen MR) is 93.2 cm³/mol. The fourth-order valence-electron chi connectivity index (χ4n) is 3.22. The summed E-state index contributed by atoms with van der Waals surface area (Å²) in [5.74, 6) is 0.263. The van der Waals surface area contributed by atoms with Crippen LogP contribution in [0.4, 0.5) is 14.6 Å². The molecule has 1 unspecified atom stereocenters. The van der Waals surface area contributed by atoms with Gasteiger partial charge in [0.2, 0.25) is 0 Å². The third-order valence-electron chi connectivity index (χ3n) is 4.48. The smallest absolute Gasteiger partial charge is 0.175 e. The molecule has 2 heterocycles. The van der Waals surface area contributed by atoms with Gasteiger partial charge in [-0.2, -0.15) is 0 Å². The minimum absolute atomic E-state index is 0.130. The second-order valence-electron chi connectivity index (χ2n) is 6.09. The van der Waals surface area contributed by atoms with E-state index in [2.05, 4.69) is 15.0 Å². The number of benzene rings is 1. The zero-order valence-corrected chi connectivity index (χ0v) is 14.5. The van der Waals surface area contributed by atoms with Gasteiger partial charge in [0.1, 0.15) is 19.2 Å². The minimum Gasteiger partial charge on any atom is -0.382 e. The predicted octanol–water partition coefficient (Wildman–Crippen LogP) is 3.79. The largest absolute Gasteiger partial charge is 0.382 e. The van der Waals surface area contributed by atoms with Crippen molar-refractivity contribution in [2.45, 2.75) is 42.5 Å². The van der Waals surface area contributed by atoms with Crippen LogP contribution in [-0.4, -0.2) is 26.2 Å². The Labute approximate surface area is 147 Å². The third kappa shape index (κ3) is 2.74. The van der Waals surface area contributed by atoms with Gasteiger partial charge in [-0.05, 0) is 42.5 Å². The summed E-state index contributed by atoms with van der Waals surface area (Å²) < 4.78 is 28.8. The summed E-state index contributed by atoms with van der Waals surface area (Å²) >= 11 is 1.38. The fourth-order valence-corrected chi connectivity index (χ4v) is 4.24. The van der Waals surface area contributed by atoms with Gasteiger partial charge in [-0.15, -0.1) is 0 Å². The van der Waals surface area contributed by atoms with Gasteiger partial charge >= 0.3 is 0 Å². The Morgan fingerprint density at radius 1 is 1.36 bits per heavy atom. The highest BCUT2D eigenvalue weighted by molar-refractivity contribution is 7.99. The van der Waals surface area contributed by atoms with Crippen molar-refractivity contribution >= 4 is 28.7 Å². The molecule has 2 aromatic heterocycles. The third-order valence-corrected chi connectivity index (χ3v) is 5.63. The summed E-state index contributed by atoms with van der Waals surface area (Å²) in [7, 11) is 0. The number of rotatable bonds is 4. The van der Waals surface area contributed by atoms with E-state index >= 15 is 0 Å². The normalized spacial score (nSPS) is 16.5. The molecule has 0 aliphatic heterocycles. The van der Waals surface area contributed by atoms with Crippen molar-refractivity contribution in [1.29, 1.82) is 0 Å². The van der Waals surface area contributed by atoms with E-state index < -0.39 is 12.8 Å². The first-order valence-electron chi connectivity index (χ1n) is 8.06. The molecule has 0 amide bonds. The van der Waals surface area contributed by atoms with Gasteiger partial charge in [-0.25, -0.2) is 23.7 Å². The molecule has 130 valence electrons. The molecule has 0 saturated carbocycles. The van der Waals surface area contributed by atoms with E-state index in [1.807, 2.05) is 19.1 Å². The number of fused-ring (bicyclic) bond motifs is 2. The number of halogens is 2. The van der Waals surface area contributed by atoms with E-state index in [0.29, 0.717) is 22.7 Å². The summed E-state index contributed by atoms with van der Waals surface area (Å²) in [4.78, 5) is 13.5. The maximum absolute atomic E-state index is 14.1. The van der Waals surface area contributed by atoms with Crippen LogP contribution in [0, 0.1) is 6.92 Å². The van der Waals surface area contributed by atoms with E-state index in [-0.39, 0.29) is 12.4 Å². The number of nitrogens with two attached hydrogens (primary N) is 1. The summed E-state index contributed by atoms with van der Waals surface area (Å²) in [5, 5.41) is 0.580. The van der Waals surface area contributed by atoms with E-state index in [1.54, 1.807) is 4.57 Å². The molecule has 2 N–H and O–H groups in total. The number of anilines is 1. The summed E-state index contributed by atoms with van der Waals surface area (Å²) in [6, 6.07) is 3.93. The second kappa shape index (κ2) is 6.25. The van der Waals surface area contributed by atoms with Gasteiger partial charge in [-0.1, -0.05) is 17.8 Å². The average Bonchev–Trinajstić information content (AvgIpc) is 3.11. The van der Waals surface area contributed by atoms with Crippen LogP contribution in [-0.2, 0) is 13.0 Å².